The highest BCUT2D eigenvalue weighted by Gasteiger charge is 2.23. The Morgan fingerprint density at radius 3 is 2.76 bits per heavy atom. The van der Waals surface area contributed by atoms with Gasteiger partial charge in [0.1, 0.15) is 5.69 Å². The van der Waals surface area contributed by atoms with E-state index in [1.165, 1.54) is 12.1 Å². The number of nitrogens with one attached hydrogen (secondary N) is 1. The van der Waals surface area contributed by atoms with Crippen molar-refractivity contribution in [3.63, 3.8) is 0 Å². The Bertz CT molecular complexity index is 721. The van der Waals surface area contributed by atoms with Gasteiger partial charge in [-0.15, -0.1) is 0 Å². The van der Waals surface area contributed by atoms with Crippen molar-refractivity contribution in [3.05, 3.63) is 28.3 Å². The van der Waals surface area contributed by atoms with Gasteiger partial charge in [-0.3, -0.25) is 10.1 Å². The highest BCUT2D eigenvalue weighted by atomic mass is 32.2. The van der Waals surface area contributed by atoms with Crippen LogP contribution in [-0.2, 0) is 10.0 Å². The maximum absolute atomic E-state index is 11.4. The van der Waals surface area contributed by atoms with Gasteiger partial charge in [0.05, 0.1) is 9.82 Å². The Morgan fingerprint density at radius 2 is 2.16 bits per heavy atom. The van der Waals surface area contributed by atoms with E-state index in [-0.39, 0.29) is 10.6 Å². The van der Waals surface area contributed by atoms with Gasteiger partial charge < -0.3 is 10.2 Å². The molecule has 8 nitrogen and oxygen atoms in total. The van der Waals surface area contributed by atoms with Crippen LogP contribution in [0, 0.1) is 22.0 Å². The third-order valence-electron chi connectivity index (χ3n) is 4.30. The first-order chi connectivity index (χ1) is 11.7. The van der Waals surface area contributed by atoms with E-state index >= 15 is 0 Å². The molecule has 9 heteroatoms. The quantitative estimate of drug-likeness (QED) is 0.560. The van der Waals surface area contributed by atoms with E-state index in [1.807, 2.05) is 0 Å². The summed E-state index contributed by atoms with van der Waals surface area (Å²) in [6.07, 6.45) is 2.19. The number of likely N-dealkylation sites (tertiary alicyclic amines) is 1. The molecule has 1 fully saturated rings. The lowest BCUT2D eigenvalue weighted by Gasteiger charge is -2.34. The van der Waals surface area contributed by atoms with Gasteiger partial charge in [0.15, 0.2) is 0 Å². The summed E-state index contributed by atoms with van der Waals surface area (Å²) in [4.78, 5) is 12.8. The van der Waals surface area contributed by atoms with Crippen LogP contribution in [0.25, 0.3) is 0 Å². The van der Waals surface area contributed by atoms with Crippen molar-refractivity contribution in [1.82, 2.24) is 4.90 Å². The first kappa shape index (κ1) is 19.6. The standard InChI is InChI=1S/C16H26N4O4S/c1-12(2)10-19-7-3-4-13(11-19)9-18-15-6-5-14(25(17,23)24)8-16(15)20(21)22/h5-6,8,12-13,18H,3-4,7,9-11H2,1-2H3,(H2,17,23,24). The van der Waals surface area contributed by atoms with Crippen LogP contribution in [0.1, 0.15) is 26.7 Å². The Labute approximate surface area is 148 Å². The molecule has 2 rings (SSSR count). The minimum Gasteiger partial charge on any atom is -0.379 e. The van der Waals surface area contributed by atoms with Gasteiger partial charge in [-0.1, -0.05) is 13.8 Å². The molecule has 1 aliphatic rings. The van der Waals surface area contributed by atoms with Crippen LogP contribution in [0.15, 0.2) is 23.1 Å². The number of primary sulfonamides is 1. The summed E-state index contributed by atoms with van der Waals surface area (Å²) < 4.78 is 22.8. The second-order valence-corrected chi connectivity index (χ2v) is 8.59. The molecule has 0 aromatic heterocycles. The van der Waals surface area contributed by atoms with Gasteiger partial charge in [0.2, 0.25) is 10.0 Å². The second-order valence-electron chi connectivity index (χ2n) is 7.02. The first-order valence-corrected chi connectivity index (χ1v) is 9.99. The fourth-order valence-corrected chi connectivity index (χ4v) is 3.78. The summed E-state index contributed by atoms with van der Waals surface area (Å²) in [5, 5.41) is 19.4. The van der Waals surface area contributed by atoms with Gasteiger partial charge in [0, 0.05) is 25.7 Å². The fourth-order valence-electron chi connectivity index (χ4n) is 3.24. The average molecular weight is 370 g/mol. The number of hydrogen-bond donors (Lipinski definition) is 2. The Balaban J connectivity index is 2.06. The Kier molecular flexibility index (Phi) is 6.36. The molecule has 140 valence electrons. The monoisotopic (exact) mass is 370 g/mol. The molecule has 0 saturated carbocycles. The minimum atomic E-state index is -3.97. The van der Waals surface area contributed by atoms with Gasteiger partial charge in [-0.2, -0.15) is 0 Å². The predicted octanol–water partition coefficient (Wildman–Crippen LogP) is 2.02. The van der Waals surface area contributed by atoms with Gasteiger partial charge in [0.25, 0.3) is 5.69 Å². The molecule has 1 aliphatic heterocycles. The minimum absolute atomic E-state index is 0.259. The molecule has 3 N–H and O–H groups in total. The number of anilines is 1. The molecule has 0 spiro atoms. The largest absolute Gasteiger partial charge is 0.379 e. The molecule has 0 amide bonds. The number of nitro benzene ring substituents is 1. The number of nitrogens with zero attached hydrogens (tertiary/aromatic N) is 2. The highest BCUT2D eigenvalue weighted by molar-refractivity contribution is 7.89. The van der Waals surface area contributed by atoms with E-state index in [4.69, 9.17) is 5.14 Å². The summed E-state index contributed by atoms with van der Waals surface area (Å²) in [6, 6.07) is 3.70. The van der Waals surface area contributed by atoms with Gasteiger partial charge >= 0.3 is 0 Å². The third kappa shape index (κ3) is 5.65. The summed E-state index contributed by atoms with van der Waals surface area (Å²) in [5.74, 6) is 1.02. The molecule has 1 atom stereocenters. The lowest BCUT2D eigenvalue weighted by atomic mass is 9.97. The summed E-state index contributed by atoms with van der Waals surface area (Å²) in [7, 11) is -3.97. The maximum Gasteiger partial charge on any atom is 0.293 e. The van der Waals surface area contributed by atoms with E-state index < -0.39 is 14.9 Å². The van der Waals surface area contributed by atoms with Crippen molar-refractivity contribution in [1.29, 1.82) is 0 Å². The van der Waals surface area contributed by atoms with E-state index in [9.17, 15) is 18.5 Å². The Hall–Kier alpha value is -1.71. The van der Waals surface area contributed by atoms with Crippen molar-refractivity contribution in [2.24, 2.45) is 17.0 Å². The molecule has 0 radical (unpaired) electrons. The van der Waals surface area contributed by atoms with Crippen LogP contribution in [-0.4, -0.2) is 44.4 Å². The molecule has 1 heterocycles. The lowest BCUT2D eigenvalue weighted by molar-refractivity contribution is -0.384. The van der Waals surface area contributed by atoms with Gasteiger partial charge in [-0.25, -0.2) is 13.6 Å². The zero-order valence-electron chi connectivity index (χ0n) is 14.6. The van der Waals surface area contributed by atoms with Crippen molar-refractivity contribution in [2.45, 2.75) is 31.6 Å². The lowest BCUT2D eigenvalue weighted by Crippen LogP contribution is -2.39. The normalized spacial score (nSPS) is 19.1. The number of benzene rings is 1. The van der Waals surface area contributed by atoms with Gasteiger partial charge in [-0.05, 0) is 43.4 Å². The topological polar surface area (TPSA) is 119 Å². The summed E-state index contributed by atoms with van der Waals surface area (Å²) in [6.45, 7) is 8.12. The molecule has 1 aromatic carbocycles. The molecular weight excluding hydrogens is 344 g/mol. The number of sulfonamides is 1. The van der Waals surface area contributed by atoms with Crippen LogP contribution in [0.3, 0.4) is 0 Å². The zero-order valence-corrected chi connectivity index (χ0v) is 15.5. The van der Waals surface area contributed by atoms with E-state index in [0.717, 1.165) is 38.5 Å². The van der Waals surface area contributed by atoms with Crippen LogP contribution in [0.5, 0.6) is 0 Å². The smallest absolute Gasteiger partial charge is 0.293 e. The number of hydrogen-bond acceptors (Lipinski definition) is 6. The van der Waals surface area contributed by atoms with Crippen LogP contribution in [0.2, 0.25) is 0 Å². The molecule has 1 unspecified atom stereocenters. The van der Waals surface area contributed by atoms with Crippen molar-refractivity contribution < 1.29 is 13.3 Å². The SMILES string of the molecule is CC(C)CN1CCCC(CNc2ccc(S(N)(=O)=O)cc2[N+](=O)[O-])C1. The maximum atomic E-state index is 11.4. The number of nitro groups is 1. The Morgan fingerprint density at radius 1 is 1.44 bits per heavy atom. The molecule has 1 saturated heterocycles. The van der Waals surface area contributed by atoms with E-state index in [0.29, 0.717) is 24.1 Å². The molecule has 1 aromatic rings. The molecule has 25 heavy (non-hydrogen) atoms. The molecule has 0 aliphatic carbocycles. The molecular formula is C16H26N4O4S. The second kappa shape index (κ2) is 8.11. The van der Waals surface area contributed by atoms with Crippen LogP contribution >= 0.6 is 0 Å². The third-order valence-corrected chi connectivity index (χ3v) is 5.21. The number of rotatable bonds is 7. The van der Waals surface area contributed by atoms with Crippen molar-refractivity contribution >= 4 is 21.4 Å². The zero-order chi connectivity index (χ0) is 18.6. The number of nitrogens with two attached hydrogens (primary N) is 1. The molecule has 0 bridgehead atoms. The van der Waals surface area contributed by atoms with Crippen molar-refractivity contribution in [2.75, 3.05) is 31.5 Å². The predicted molar refractivity (Wildman–Crippen MR) is 97.0 cm³/mol. The average Bonchev–Trinajstić information content (AvgIpc) is 2.51. The van der Waals surface area contributed by atoms with E-state index in [1.54, 1.807) is 0 Å². The summed E-state index contributed by atoms with van der Waals surface area (Å²) in [5.41, 5.74) is 0.0414. The highest BCUT2D eigenvalue weighted by Crippen LogP contribution is 2.28. The van der Waals surface area contributed by atoms with E-state index in [2.05, 4.69) is 24.1 Å². The van der Waals surface area contributed by atoms with Crippen LogP contribution < -0.4 is 10.5 Å². The summed E-state index contributed by atoms with van der Waals surface area (Å²) >= 11 is 0. The van der Waals surface area contributed by atoms with Crippen LogP contribution in [0.4, 0.5) is 11.4 Å². The first-order valence-electron chi connectivity index (χ1n) is 8.44. The van der Waals surface area contributed by atoms with Crippen molar-refractivity contribution in [3.8, 4) is 0 Å². The fraction of sp³-hybridized carbons (Fsp3) is 0.625. The number of piperidine rings is 1.